The third-order valence-electron chi connectivity index (χ3n) is 9.78. The molecule has 1 saturated carbocycles. The minimum Gasteiger partial charge on any atom is -0.493 e. The summed E-state index contributed by atoms with van der Waals surface area (Å²) in [6.45, 7) is 11.6. The minimum atomic E-state index is -3.67. The number of ether oxygens (including phenoxy) is 3. The zero-order valence-corrected chi connectivity index (χ0v) is 25.9. The van der Waals surface area contributed by atoms with Crippen LogP contribution in [0.3, 0.4) is 0 Å². The fourth-order valence-corrected chi connectivity index (χ4v) is 10.3. The summed E-state index contributed by atoms with van der Waals surface area (Å²) in [5.41, 5.74) is 2.42. The molecule has 2 aliphatic carbocycles. The Hall–Kier alpha value is -2.88. The van der Waals surface area contributed by atoms with Crippen LogP contribution >= 0.6 is 0 Å². The molecule has 0 aromatic heterocycles. The number of hydrogen-bond donors (Lipinski definition) is 0. The number of methoxy groups -OCH3 is 1. The van der Waals surface area contributed by atoms with Gasteiger partial charge in [0.2, 0.25) is 10.0 Å². The van der Waals surface area contributed by atoms with Gasteiger partial charge in [-0.1, -0.05) is 50.3 Å². The predicted octanol–water partition coefficient (Wildman–Crippen LogP) is 4.70. The lowest BCUT2D eigenvalue weighted by molar-refractivity contribution is -0.132. The second-order valence-corrected chi connectivity index (χ2v) is 14.6. The van der Waals surface area contributed by atoms with Crippen LogP contribution in [0.1, 0.15) is 56.7 Å². The number of hydrogen-bond acceptors (Lipinski definition) is 7. The van der Waals surface area contributed by atoms with Crippen LogP contribution in [0.5, 0.6) is 17.2 Å². The molecule has 8 nitrogen and oxygen atoms in total. The topological polar surface area (TPSA) is 85.4 Å². The molecular formula is C33H42N2O6S. The Morgan fingerprint density at radius 2 is 2.00 bits per heavy atom. The molecule has 0 N–H and O–H groups in total. The molecule has 0 unspecified atom stereocenters. The number of carbonyl (C=O) groups excluding carboxylic acids is 1. The zero-order valence-electron chi connectivity index (χ0n) is 25.0. The monoisotopic (exact) mass is 594 g/mol. The van der Waals surface area contributed by atoms with Crippen molar-refractivity contribution in [1.82, 2.24) is 9.21 Å². The van der Waals surface area contributed by atoms with Gasteiger partial charge in [0.1, 0.15) is 11.9 Å². The first-order valence-corrected chi connectivity index (χ1v) is 16.7. The molecule has 42 heavy (non-hydrogen) atoms. The van der Waals surface area contributed by atoms with E-state index in [0.717, 1.165) is 55.5 Å². The van der Waals surface area contributed by atoms with Crippen LogP contribution in [0, 0.1) is 11.8 Å². The summed E-state index contributed by atoms with van der Waals surface area (Å²) < 4.78 is 48.8. The highest BCUT2D eigenvalue weighted by Gasteiger charge is 2.67. The summed E-state index contributed by atoms with van der Waals surface area (Å²) in [4.78, 5) is 14.7. The quantitative estimate of drug-likeness (QED) is 0.224. The fourth-order valence-electron chi connectivity index (χ4n) is 8.40. The molecular weight excluding hydrogens is 552 g/mol. The van der Waals surface area contributed by atoms with Gasteiger partial charge in [0.25, 0.3) is 0 Å². The second-order valence-electron chi connectivity index (χ2n) is 12.7. The van der Waals surface area contributed by atoms with Gasteiger partial charge in [-0.15, -0.1) is 6.58 Å². The lowest BCUT2D eigenvalue weighted by Gasteiger charge is -2.60. The molecule has 1 saturated heterocycles. The van der Waals surface area contributed by atoms with Gasteiger partial charge in [-0.05, 0) is 49.6 Å². The summed E-state index contributed by atoms with van der Waals surface area (Å²) in [6, 6.07) is 11.1. The van der Waals surface area contributed by atoms with E-state index in [1.165, 1.54) is 6.92 Å². The molecule has 226 valence electrons. The van der Waals surface area contributed by atoms with E-state index in [2.05, 4.69) is 25.3 Å². The summed E-state index contributed by atoms with van der Waals surface area (Å²) in [6.07, 6.45) is 4.75. The van der Waals surface area contributed by atoms with E-state index in [1.807, 2.05) is 36.4 Å². The molecule has 2 fully saturated rings. The lowest BCUT2D eigenvalue weighted by atomic mass is 9.51. The number of nitrogens with zero attached hydrogens (tertiary/aromatic N) is 2. The summed E-state index contributed by atoms with van der Waals surface area (Å²) >= 11 is 0. The van der Waals surface area contributed by atoms with Gasteiger partial charge in [0, 0.05) is 48.7 Å². The highest BCUT2D eigenvalue weighted by Crippen LogP contribution is 2.66. The number of sulfonamides is 1. The Kier molecular flexibility index (Phi) is 7.64. The first-order valence-electron chi connectivity index (χ1n) is 15.1. The third kappa shape index (κ3) is 4.64. The van der Waals surface area contributed by atoms with Crippen LogP contribution in [-0.4, -0.2) is 68.5 Å². The third-order valence-corrected chi connectivity index (χ3v) is 11.6. The molecule has 5 atom stereocenters. The molecule has 2 heterocycles. The fraction of sp³-hybridized carbons (Fsp3) is 0.545. The summed E-state index contributed by atoms with van der Waals surface area (Å²) in [5.74, 6) is 1.72. The van der Waals surface area contributed by atoms with Crippen molar-refractivity contribution in [1.29, 1.82) is 0 Å². The number of piperidine rings is 1. The normalized spacial score (nSPS) is 27.9. The molecule has 9 heteroatoms. The molecule has 0 radical (unpaired) electrons. The van der Waals surface area contributed by atoms with Crippen molar-refractivity contribution in [3.05, 3.63) is 65.7 Å². The molecule has 2 aliphatic heterocycles. The molecule has 6 rings (SSSR count). The average Bonchev–Trinajstić information content (AvgIpc) is 3.28. The zero-order chi connectivity index (χ0) is 29.8. The van der Waals surface area contributed by atoms with Gasteiger partial charge in [0.15, 0.2) is 11.5 Å². The van der Waals surface area contributed by atoms with E-state index in [9.17, 15) is 13.2 Å². The van der Waals surface area contributed by atoms with Crippen LogP contribution in [-0.2, 0) is 32.4 Å². The Bertz CT molecular complexity index is 1480. The predicted molar refractivity (Wildman–Crippen MR) is 161 cm³/mol. The highest BCUT2D eigenvalue weighted by atomic mass is 32.2. The Morgan fingerprint density at radius 3 is 2.67 bits per heavy atom. The number of likely N-dealkylation sites (tertiary alicyclic amines) is 1. The lowest BCUT2D eigenvalue weighted by Crippen LogP contribution is -2.69. The van der Waals surface area contributed by atoms with Crippen LogP contribution in [0.2, 0.25) is 0 Å². The van der Waals surface area contributed by atoms with Gasteiger partial charge in [0.05, 0.1) is 18.9 Å². The van der Waals surface area contributed by atoms with Gasteiger partial charge >= 0.3 is 5.97 Å². The van der Waals surface area contributed by atoms with Crippen molar-refractivity contribution >= 4 is 16.0 Å². The van der Waals surface area contributed by atoms with Crippen molar-refractivity contribution in [2.75, 3.05) is 26.7 Å². The van der Waals surface area contributed by atoms with E-state index in [-0.39, 0.29) is 41.7 Å². The smallest absolute Gasteiger partial charge is 0.308 e. The van der Waals surface area contributed by atoms with Gasteiger partial charge in [-0.25, -0.2) is 8.42 Å². The van der Waals surface area contributed by atoms with Gasteiger partial charge < -0.3 is 14.2 Å². The molecule has 2 aromatic carbocycles. The Labute approximate surface area is 249 Å². The van der Waals surface area contributed by atoms with Crippen LogP contribution in [0.4, 0.5) is 0 Å². The van der Waals surface area contributed by atoms with Crippen LogP contribution < -0.4 is 14.2 Å². The highest BCUT2D eigenvalue weighted by molar-refractivity contribution is 7.88. The Morgan fingerprint density at radius 1 is 1.24 bits per heavy atom. The van der Waals surface area contributed by atoms with E-state index in [4.69, 9.17) is 14.2 Å². The van der Waals surface area contributed by atoms with Gasteiger partial charge in [-0.3, -0.25) is 9.69 Å². The van der Waals surface area contributed by atoms with E-state index >= 15 is 0 Å². The van der Waals surface area contributed by atoms with Crippen molar-refractivity contribution in [3.63, 3.8) is 0 Å². The molecule has 4 aliphatic rings. The van der Waals surface area contributed by atoms with Crippen molar-refractivity contribution in [3.8, 4) is 17.2 Å². The average molecular weight is 595 g/mol. The SMILES string of the molecule is C=CCN1CC[C@]23c4c5c(OC(C)=O)cc(OC)c4O[C@H]2[C@H](N(CC(C)C)S(=O)(=O)Cc2ccccc2)CC[C@H]3[C@H]1C5. The standard InChI is InChI=1S/C33H42N2O6S/c1-6-15-34-16-14-33-25-12-13-26(35(19-21(2)3)42(37,38)20-23-10-8-7-9-11-23)32(33)41-31-29(39-5)18-28(40-22(4)36)24(30(31)33)17-27(25)34/h6-11,18,21,25-27,32H,1,12-17,19-20H2,2-5H3/t25-,26+,27+,32-,33-/m0/s1. The maximum absolute atomic E-state index is 14.2. The molecule has 2 bridgehead atoms. The summed E-state index contributed by atoms with van der Waals surface area (Å²) in [7, 11) is -2.07. The summed E-state index contributed by atoms with van der Waals surface area (Å²) in [5, 5.41) is 0. The Balaban J connectivity index is 1.50. The molecule has 0 amide bonds. The van der Waals surface area contributed by atoms with Crippen LogP contribution in [0.25, 0.3) is 0 Å². The second kappa shape index (κ2) is 11.0. The molecule has 2 aromatic rings. The number of benzene rings is 2. The largest absolute Gasteiger partial charge is 0.493 e. The number of rotatable bonds is 10. The van der Waals surface area contributed by atoms with Crippen molar-refractivity contribution in [2.24, 2.45) is 11.8 Å². The first kappa shape index (κ1) is 29.2. The maximum atomic E-state index is 14.2. The van der Waals surface area contributed by atoms with E-state index < -0.39 is 15.4 Å². The number of esters is 1. The van der Waals surface area contributed by atoms with E-state index in [0.29, 0.717) is 23.8 Å². The van der Waals surface area contributed by atoms with Gasteiger partial charge in [-0.2, -0.15) is 4.31 Å². The maximum Gasteiger partial charge on any atom is 0.308 e. The van der Waals surface area contributed by atoms with Crippen LogP contribution in [0.15, 0.2) is 49.1 Å². The minimum absolute atomic E-state index is 0.0476. The number of carbonyl (C=O) groups is 1. The van der Waals surface area contributed by atoms with Crippen molar-refractivity contribution < 1.29 is 27.4 Å². The first-order chi connectivity index (χ1) is 20.1. The van der Waals surface area contributed by atoms with E-state index in [1.54, 1.807) is 17.5 Å². The van der Waals surface area contributed by atoms with Crippen molar-refractivity contribution in [2.45, 2.75) is 75.8 Å². The molecule has 1 spiro atoms.